The molecule has 48 heavy (non-hydrogen) atoms. The summed E-state index contributed by atoms with van der Waals surface area (Å²) < 4.78 is 0. The molecule has 0 bridgehead atoms. The molecule has 0 atom stereocenters. The van der Waals surface area contributed by atoms with Crippen LogP contribution in [0.3, 0.4) is 0 Å². The quantitative estimate of drug-likeness (QED) is 0.170. The third-order valence-corrected chi connectivity index (χ3v) is 11.6. The van der Waals surface area contributed by atoms with Crippen LogP contribution >= 0.6 is 0 Å². The van der Waals surface area contributed by atoms with Gasteiger partial charge < -0.3 is 0 Å². The summed E-state index contributed by atoms with van der Waals surface area (Å²) in [5, 5.41) is 7.77. The minimum absolute atomic E-state index is 0.119. The molecule has 8 aromatic rings. The fourth-order valence-electron chi connectivity index (χ4n) is 9.49. The van der Waals surface area contributed by atoms with Crippen LogP contribution in [0.5, 0.6) is 0 Å². The highest BCUT2D eigenvalue weighted by atomic mass is 14.5. The highest BCUT2D eigenvalue weighted by Gasteiger charge is 2.45. The summed E-state index contributed by atoms with van der Waals surface area (Å²) in [7, 11) is 0. The number of fused-ring (bicyclic) bond motifs is 9. The maximum absolute atomic E-state index is 2.55. The Kier molecular flexibility index (Phi) is 5.50. The Morgan fingerprint density at radius 1 is 0.312 bits per heavy atom. The first-order valence-corrected chi connectivity index (χ1v) is 17.2. The van der Waals surface area contributed by atoms with Gasteiger partial charge in [0.05, 0.1) is 0 Å². The fourth-order valence-corrected chi connectivity index (χ4v) is 9.49. The molecule has 0 heterocycles. The van der Waals surface area contributed by atoms with Crippen molar-refractivity contribution in [3.05, 3.63) is 168 Å². The van der Waals surface area contributed by atoms with Crippen molar-refractivity contribution >= 4 is 32.3 Å². The van der Waals surface area contributed by atoms with Crippen LogP contribution < -0.4 is 0 Å². The van der Waals surface area contributed by atoms with Crippen LogP contribution in [0.1, 0.15) is 49.9 Å². The van der Waals surface area contributed by atoms with Gasteiger partial charge in [-0.3, -0.25) is 0 Å². The minimum Gasteiger partial charge on any atom is -0.0619 e. The zero-order valence-electron chi connectivity index (χ0n) is 27.9. The molecule has 228 valence electrons. The standard InChI is InChI=1S/C48H36/c1-47(2)40-27-14-12-24-37(40)44-41(47)28-38-31-19-11-13-26-39(31)48(3,4)46(38)45(44)43-35-22-9-7-20-33(35)42(34-21-8-10-23-36(34)43)32-25-15-17-29-16-5-6-18-30(29)32/h5-28H,1-4H3. The van der Waals surface area contributed by atoms with Crippen LogP contribution in [-0.4, -0.2) is 0 Å². The van der Waals surface area contributed by atoms with Gasteiger partial charge in [-0.05, 0) is 105 Å². The molecule has 0 radical (unpaired) electrons. The minimum atomic E-state index is -0.172. The van der Waals surface area contributed by atoms with E-state index in [-0.39, 0.29) is 10.8 Å². The molecule has 2 aliphatic rings. The van der Waals surface area contributed by atoms with Gasteiger partial charge in [0.2, 0.25) is 0 Å². The Balaban J connectivity index is 1.45. The van der Waals surface area contributed by atoms with Gasteiger partial charge in [0.15, 0.2) is 0 Å². The predicted molar refractivity (Wildman–Crippen MR) is 205 cm³/mol. The molecule has 0 N–H and O–H groups in total. The largest absolute Gasteiger partial charge is 0.0619 e. The smallest absolute Gasteiger partial charge is 0.0165 e. The van der Waals surface area contributed by atoms with Gasteiger partial charge in [0.1, 0.15) is 0 Å². The Morgan fingerprint density at radius 2 is 0.792 bits per heavy atom. The van der Waals surface area contributed by atoms with Gasteiger partial charge >= 0.3 is 0 Å². The first kappa shape index (κ1) is 27.6. The van der Waals surface area contributed by atoms with Crippen LogP contribution in [0.2, 0.25) is 0 Å². The average molecular weight is 613 g/mol. The molecule has 0 amide bonds. The van der Waals surface area contributed by atoms with Crippen LogP contribution in [0.15, 0.2) is 146 Å². The zero-order valence-corrected chi connectivity index (χ0v) is 27.9. The van der Waals surface area contributed by atoms with E-state index in [1.54, 1.807) is 0 Å². The van der Waals surface area contributed by atoms with Gasteiger partial charge in [-0.2, -0.15) is 0 Å². The number of hydrogen-bond acceptors (Lipinski definition) is 0. The monoisotopic (exact) mass is 612 g/mol. The molecule has 10 rings (SSSR count). The summed E-state index contributed by atoms with van der Waals surface area (Å²) in [6.45, 7) is 9.71. The van der Waals surface area contributed by atoms with Crippen LogP contribution in [0.4, 0.5) is 0 Å². The van der Waals surface area contributed by atoms with Gasteiger partial charge in [-0.25, -0.2) is 0 Å². The SMILES string of the molecule is CC1(C)c2ccccc2-c2c1cc1c(c2-c2c3ccccc3c(-c3cccc4ccccc34)c3ccccc23)C(C)(C)c2ccccc2-1. The third kappa shape index (κ3) is 3.45. The summed E-state index contributed by atoms with van der Waals surface area (Å²) >= 11 is 0. The van der Waals surface area contributed by atoms with E-state index in [1.165, 1.54) is 99.1 Å². The molecule has 0 saturated carbocycles. The maximum Gasteiger partial charge on any atom is 0.0165 e. The number of hydrogen-bond donors (Lipinski definition) is 0. The third-order valence-electron chi connectivity index (χ3n) is 11.6. The molecule has 0 nitrogen and oxygen atoms in total. The lowest BCUT2D eigenvalue weighted by Gasteiger charge is -2.30. The average Bonchev–Trinajstić information content (AvgIpc) is 3.49. The fraction of sp³-hybridized carbons (Fsp3) is 0.125. The lowest BCUT2D eigenvalue weighted by molar-refractivity contribution is 0.653. The number of rotatable bonds is 2. The molecule has 0 spiro atoms. The van der Waals surface area contributed by atoms with E-state index in [9.17, 15) is 0 Å². The van der Waals surface area contributed by atoms with E-state index in [1.807, 2.05) is 0 Å². The summed E-state index contributed by atoms with van der Waals surface area (Å²) in [6.07, 6.45) is 0. The summed E-state index contributed by atoms with van der Waals surface area (Å²) in [4.78, 5) is 0. The van der Waals surface area contributed by atoms with Gasteiger partial charge in [0, 0.05) is 10.8 Å². The normalized spacial score (nSPS) is 15.0. The van der Waals surface area contributed by atoms with Crippen molar-refractivity contribution < 1.29 is 0 Å². The summed E-state index contributed by atoms with van der Waals surface area (Å²) in [5.41, 5.74) is 16.3. The van der Waals surface area contributed by atoms with E-state index in [0.29, 0.717) is 0 Å². The topological polar surface area (TPSA) is 0 Å². The second-order valence-corrected chi connectivity index (χ2v) is 14.8. The van der Waals surface area contributed by atoms with E-state index < -0.39 is 0 Å². The van der Waals surface area contributed by atoms with Crippen LogP contribution in [0.25, 0.3) is 76.8 Å². The van der Waals surface area contributed by atoms with Gasteiger partial charge in [-0.15, -0.1) is 0 Å². The zero-order chi connectivity index (χ0) is 32.4. The molecular formula is C48H36. The Bertz CT molecular complexity index is 2600. The summed E-state index contributed by atoms with van der Waals surface area (Å²) in [6, 6.07) is 54.7. The molecule has 8 aromatic carbocycles. The van der Waals surface area contributed by atoms with Crippen molar-refractivity contribution in [2.45, 2.75) is 38.5 Å². The van der Waals surface area contributed by atoms with Crippen LogP contribution in [-0.2, 0) is 10.8 Å². The van der Waals surface area contributed by atoms with Crippen molar-refractivity contribution in [1.29, 1.82) is 0 Å². The van der Waals surface area contributed by atoms with Gasteiger partial charge in [-0.1, -0.05) is 167 Å². The molecule has 0 fully saturated rings. The molecule has 2 aliphatic carbocycles. The highest BCUT2D eigenvalue weighted by molar-refractivity contribution is 6.25. The van der Waals surface area contributed by atoms with Crippen molar-refractivity contribution in [3.8, 4) is 44.5 Å². The van der Waals surface area contributed by atoms with Crippen molar-refractivity contribution in [1.82, 2.24) is 0 Å². The van der Waals surface area contributed by atoms with Crippen LogP contribution in [0, 0.1) is 0 Å². The van der Waals surface area contributed by atoms with Gasteiger partial charge in [0.25, 0.3) is 0 Å². The molecular weight excluding hydrogens is 577 g/mol. The number of benzene rings is 8. The lowest BCUT2D eigenvalue weighted by atomic mass is 9.73. The molecule has 0 heteroatoms. The predicted octanol–water partition coefficient (Wildman–Crippen LogP) is 13.1. The molecule has 0 unspecified atom stereocenters. The second kappa shape index (κ2) is 9.55. The second-order valence-electron chi connectivity index (χ2n) is 14.8. The lowest BCUT2D eigenvalue weighted by Crippen LogP contribution is -2.18. The Labute approximate surface area is 282 Å². The molecule has 0 aliphatic heterocycles. The first-order valence-electron chi connectivity index (χ1n) is 17.2. The Morgan fingerprint density at radius 3 is 1.46 bits per heavy atom. The van der Waals surface area contributed by atoms with Crippen molar-refractivity contribution in [2.75, 3.05) is 0 Å². The van der Waals surface area contributed by atoms with E-state index >= 15 is 0 Å². The molecule has 0 aromatic heterocycles. The van der Waals surface area contributed by atoms with E-state index in [0.717, 1.165) is 0 Å². The molecule has 0 saturated heterocycles. The van der Waals surface area contributed by atoms with E-state index in [2.05, 4.69) is 173 Å². The Hall–Kier alpha value is -5.46. The van der Waals surface area contributed by atoms with Crippen molar-refractivity contribution in [3.63, 3.8) is 0 Å². The van der Waals surface area contributed by atoms with E-state index in [4.69, 9.17) is 0 Å². The first-order chi connectivity index (χ1) is 23.4. The highest BCUT2D eigenvalue weighted by Crippen LogP contribution is 2.62. The maximum atomic E-state index is 2.55. The van der Waals surface area contributed by atoms with Crippen molar-refractivity contribution in [2.24, 2.45) is 0 Å². The summed E-state index contributed by atoms with van der Waals surface area (Å²) in [5.74, 6) is 0.